The summed E-state index contributed by atoms with van der Waals surface area (Å²) in [5.41, 5.74) is 0.340. The molecule has 7 aliphatic rings. The lowest BCUT2D eigenvalue weighted by atomic mass is 9.45. The minimum atomic E-state index is -1.89. The molecular weight excluding hydrogens is 792 g/mol. The fraction of sp³-hybridized carbons (Fsp3) is 0.833. The van der Waals surface area contributed by atoms with Crippen LogP contribution in [-0.4, -0.2) is 168 Å². The van der Waals surface area contributed by atoms with E-state index in [1.54, 1.807) is 6.26 Å². The first-order chi connectivity index (χ1) is 28.4. The highest BCUT2D eigenvalue weighted by atomic mass is 16.8. The molecular formula is C42H62O18. The van der Waals surface area contributed by atoms with Crippen LogP contribution in [0.5, 0.6) is 0 Å². The minimum Gasteiger partial charge on any atom is -0.431 e. The molecule has 1 aromatic heterocycles. The number of allylic oxidation sites excluding steroid dienone is 1. The Kier molecular flexibility index (Phi) is 12.6. The van der Waals surface area contributed by atoms with Crippen LogP contribution in [0.1, 0.15) is 83.6 Å². The SMILES string of the molecule is C[C@@H]1O[C@@H](O[C@H]2[C@@H](O)[C@H](O)[C@@H](O[C@H]3[C@@H](O)[C@H](O)[C@@H](O[C@H]4C=C5CC[C@@H]6[C@H](CC[C@]7(C)[C@@H](c8ccc(=O)oc8)CC[C@@]67O)[C@]5(C)CC4)O[C@H]3CO)O[C@H]2CO)[C@@H](O)[C@@H](O)[C@H]1O. The lowest BCUT2D eigenvalue weighted by Crippen LogP contribution is -2.66. The maximum atomic E-state index is 12.6. The van der Waals surface area contributed by atoms with Gasteiger partial charge in [0.15, 0.2) is 18.9 Å². The van der Waals surface area contributed by atoms with Gasteiger partial charge in [-0.1, -0.05) is 25.5 Å². The molecule has 0 bridgehead atoms. The van der Waals surface area contributed by atoms with E-state index in [9.17, 15) is 55.9 Å². The molecule has 0 spiro atoms. The molecule has 8 rings (SSSR count). The minimum absolute atomic E-state index is 0.0817. The van der Waals surface area contributed by atoms with E-state index in [0.29, 0.717) is 12.8 Å². The third-order valence-corrected chi connectivity index (χ3v) is 15.7. The van der Waals surface area contributed by atoms with Crippen molar-refractivity contribution in [1.29, 1.82) is 0 Å². The first-order valence-electron chi connectivity index (χ1n) is 21.4. The van der Waals surface area contributed by atoms with Crippen molar-refractivity contribution < 1.29 is 83.9 Å². The van der Waals surface area contributed by atoms with Crippen molar-refractivity contribution in [3.63, 3.8) is 0 Å². The van der Waals surface area contributed by atoms with Crippen LogP contribution < -0.4 is 5.63 Å². The topological polar surface area (TPSA) is 288 Å². The molecule has 18 nitrogen and oxygen atoms in total. The maximum Gasteiger partial charge on any atom is 0.335 e. The number of hydrogen-bond donors (Lipinski definition) is 10. The Morgan fingerprint density at radius 1 is 0.683 bits per heavy atom. The Balaban J connectivity index is 0.904. The summed E-state index contributed by atoms with van der Waals surface area (Å²) in [6.45, 7) is 4.41. The number of hydrogen-bond acceptors (Lipinski definition) is 18. The van der Waals surface area contributed by atoms with Gasteiger partial charge >= 0.3 is 5.63 Å². The van der Waals surface area contributed by atoms with Crippen LogP contribution in [0.2, 0.25) is 0 Å². The Hall–Kier alpha value is -1.95. The van der Waals surface area contributed by atoms with Gasteiger partial charge in [0.25, 0.3) is 0 Å². The number of ether oxygens (including phenoxy) is 6. The zero-order valence-corrected chi connectivity index (χ0v) is 34.1. The van der Waals surface area contributed by atoms with Crippen molar-refractivity contribution >= 4 is 0 Å². The molecule has 3 saturated heterocycles. The van der Waals surface area contributed by atoms with E-state index >= 15 is 0 Å². The van der Waals surface area contributed by atoms with E-state index < -0.39 is 123 Å². The molecule has 3 aliphatic heterocycles. The zero-order chi connectivity index (χ0) is 43.1. The van der Waals surface area contributed by atoms with Gasteiger partial charge in [0.1, 0.15) is 67.1 Å². The first kappa shape index (κ1) is 44.6. The van der Waals surface area contributed by atoms with Crippen molar-refractivity contribution in [2.24, 2.45) is 22.7 Å². The van der Waals surface area contributed by atoms with Gasteiger partial charge in [-0.15, -0.1) is 0 Å². The second-order valence-corrected chi connectivity index (χ2v) is 18.7. The third-order valence-electron chi connectivity index (χ3n) is 15.7. The summed E-state index contributed by atoms with van der Waals surface area (Å²) in [4.78, 5) is 11.7. The molecule has 0 radical (unpaired) electrons. The second kappa shape index (κ2) is 16.9. The maximum absolute atomic E-state index is 12.6. The fourth-order valence-electron chi connectivity index (χ4n) is 12.1. The number of aliphatic hydroxyl groups is 10. The van der Waals surface area contributed by atoms with E-state index in [1.165, 1.54) is 18.6 Å². The highest BCUT2D eigenvalue weighted by molar-refractivity contribution is 5.31. The third kappa shape index (κ3) is 7.35. The van der Waals surface area contributed by atoms with Crippen LogP contribution in [0.4, 0.5) is 0 Å². The highest BCUT2D eigenvalue weighted by Gasteiger charge is 2.67. The first-order valence-corrected chi connectivity index (χ1v) is 21.4. The Bertz CT molecular complexity index is 1740. The molecule has 6 fully saturated rings. The van der Waals surface area contributed by atoms with Crippen molar-refractivity contribution in [1.82, 2.24) is 0 Å². The lowest BCUT2D eigenvalue weighted by molar-refractivity contribution is -0.379. The van der Waals surface area contributed by atoms with Crippen molar-refractivity contribution in [3.8, 4) is 0 Å². The molecule has 0 aromatic carbocycles. The van der Waals surface area contributed by atoms with E-state index in [2.05, 4.69) is 19.9 Å². The van der Waals surface area contributed by atoms with Crippen molar-refractivity contribution in [2.75, 3.05) is 13.2 Å². The van der Waals surface area contributed by atoms with Crippen LogP contribution in [-0.2, 0) is 28.4 Å². The van der Waals surface area contributed by atoms with E-state index in [0.717, 1.165) is 44.1 Å². The summed E-state index contributed by atoms with van der Waals surface area (Å²) in [5.74, 6) is 0.404. The van der Waals surface area contributed by atoms with Gasteiger partial charge in [-0.25, -0.2) is 4.79 Å². The van der Waals surface area contributed by atoms with E-state index in [4.69, 9.17) is 32.8 Å². The predicted molar refractivity (Wildman–Crippen MR) is 203 cm³/mol. The van der Waals surface area contributed by atoms with Gasteiger partial charge in [-0.3, -0.25) is 0 Å². The van der Waals surface area contributed by atoms with Gasteiger partial charge in [-0.05, 0) is 93.1 Å². The summed E-state index contributed by atoms with van der Waals surface area (Å²) in [6, 6.07) is 3.28. The highest BCUT2D eigenvalue weighted by Crippen LogP contribution is 2.70. The molecule has 338 valence electrons. The summed E-state index contributed by atoms with van der Waals surface area (Å²) in [5, 5.41) is 108. The molecule has 22 atom stereocenters. The smallest absolute Gasteiger partial charge is 0.335 e. The predicted octanol–water partition coefficient (Wildman–Crippen LogP) is -1.34. The lowest BCUT2D eigenvalue weighted by Gasteiger charge is -2.62. The molecule has 4 aliphatic carbocycles. The van der Waals surface area contributed by atoms with Gasteiger partial charge in [0.05, 0.1) is 37.3 Å². The van der Waals surface area contributed by atoms with Gasteiger partial charge in [-0.2, -0.15) is 0 Å². The molecule has 10 N–H and O–H groups in total. The average molecular weight is 855 g/mol. The van der Waals surface area contributed by atoms with Crippen LogP contribution in [0.3, 0.4) is 0 Å². The summed E-state index contributed by atoms with van der Waals surface area (Å²) in [7, 11) is 0. The monoisotopic (exact) mass is 854 g/mol. The number of rotatable bonds is 9. The largest absolute Gasteiger partial charge is 0.431 e. The zero-order valence-electron chi connectivity index (χ0n) is 34.1. The molecule has 3 saturated carbocycles. The van der Waals surface area contributed by atoms with Gasteiger partial charge in [0.2, 0.25) is 0 Å². The Labute approximate surface area is 347 Å². The van der Waals surface area contributed by atoms with E-state index in [-0.39, 0.29) is 28.6 Å². The summed E-state index contributed by atoms with van der Waals surface area (Å²) in [6.07, 6.45) is -14.0. The van der Waals surface area contributed by atoms with Crippen LogP contribution in [0.25, 0.3) is 0 Å². The quantitative estimate of drug-likeness (QED) is 0.129. The van der Waals surface area contributed by atoms with Gasteiger partial charge in [0, 0.05) is 11.5 Å². The van der Waals surface area contributed by atoms with Gasteiger partial charge < -0.3 is 83.9 Å². The van der Waals surface area contributed by atoms with Crippen molar-refractivity contribution in [3.05, 3.63) is 46.0 Å². The molecule has 1 aromatic rings. The molecule has 60 heavy (non-hydrogen) atoms. The number of aliphatic hydroxyl groups excluding tert-OH is 9. The molecule has 0 unspecified atom stereocenters. The second-order valence-electron chi connectivity index (χ2n) is 18.7. The van der Waals surface area contributed by atoms with Crippen LogP contribution >= 0.6 is 0 Å². The number of fused-ring (bicyclic) bond motifs is 5. The summed E-state index contributed by atoms with van der Waals surface area (Å²) < 4.78 is 40.1. The Morgan fingerprint density at radius 3 is 1.88 bits per heavy atom. The van der Waals surface area contributed by atoms with E-state index in [1.807, 2.05) is 6.07 Å². The van der Waals surface area contributed by atoms with Crippen molar-refractivity contribution in [2.45, 2.75) is 182 Å². The molecule has 0 amide bonds. The molecule has 4 heterocycles. The van der Waals surface area contributed by atoms with Crippen LogP contribution in [0, 0.1) is 22.7 Å². The normalized spacial score (nSPS) is 51.9. The molecule has 18 heteroatoms. The fourth-order valence-corrected chi connectivity index (χ4v) is 12.1. The standard InChI is InChI=1S/C42H62O18/c1-18-28(46)29(47)32(50)37(55-18)59-35-26(16-44)58-39(34(52)31(35)49)60-36-25(15-43)57-38(33(51)30(36)48)56-21-8-11-40(2)20(14-21)5-6-24-23(40)9-12-41(3)22(10-13-42(24,41)53)19-4-7-27(45)54-17-19/h4,7,14,17-18,21-26,28-39,43-44,46-53H,5-6,8-13,15-16H2,1-3H3/t18-,21+,22+,23-,24+,25-,26-,28-,29-,30-,31-,32-,33-,34-,35+,36+,37-,38-,39+,40+,41+,42+/m0/s1. The van der Waals surface area contributed by atoms with Crippen LogP contribution in [0.15, 0.2) is 39.3 Å². The Morgan fingerprint density at radius 2 is 1.28 bits per heavy atom. The summed E-state index contributed by atoms with van der Waals surface area (Å²) >= 11 is 0. The average Bonchev–Trinajstić information content (AvgIpc) is 3.52.